The van der Waals surface area contributed by atoms with Gasteiger partial charge in [0.05, 0.1) is 11.0 Å². The van der Waals surface area contributed by atoms with Crippen LogP contribution in [-0.2, 0) is 10.8 Å². The lowest BCUT2D eigenvalue weighted by molar-refractivity contribution is 0.658. The normalized spacial score (nSPS) is 15.3. The number of fused-ring (bicyclic) bond motifs is 18. The quantitative estimate of drug-likeness (QED) is 0.160. The van der Waals surface area contributed by atoms with Gasteiger partial charge in [-0.15, -0.1) is 0 Å². The molecule has 0 spiro atoms. The molecule has 0 N–H and O–H groups in total. The molecule has 2 aliphatic carbocycles. The van der Waals surface area contributed by atoms with E-state index in [0.29, 0.717) is 0 Å². The summed E-state index contributed by atoms with van der Waals surface area (Å²) in [7, 11) is 0. The van der Waals surface area contributed by atoms with Crippen molar-refractivity contribution < 1.29 is 0 Å². The molecule has 0 fully saturated rings. The molecule has 1 heterocycles. The van der Waals surface area contributed by atoms with E-state index in [4.69, 9.17) is 0 Å². The zero-order chi connectivity index (χ0) is 32.8. The van der Waals surface area contributed by atoms with Crippen molar-refractivity contribution in [2.45, 2.75) is 38.5 Å². The van der Waals surface area contributed by atoms with Crippen LogP contribution >= 0.6 is 0 Å². The number of benzene rings is 8. The Balaban J connectivity index is 1.37. The smallest absolute Gasteiger partial charge is 0.0591 e. The molecule has 1 aromatic heterocycles. The van der Waals surface area contributed by atoms with Crippen molar-refractivity contribution >= 4 is 54.1 Å². The van der Waals surface area contributed by atoms with E-state index in [0.717, 1.165) is 0 Å². The van der Waals surface area contributed by atoms with E-state index >= 15 is 0 Å². The highest BCUT2D eigenvalue weighted by atomic mass is 15.0. The molecule has 2 aliphatic rings. The first kappa shape index (κ1) is 27.3. The number of hydrogen-bond donors (Lipinski definition) is 0. The van der Waals surface area contributed by atoms with Gasteiger partial charge >= 0.3 is 0 Å². The lowest BCUT2D eigenvalue weighted by Gasteiger charge is -2.27. The van der Waals surface area contributed by atoms with Gasteiger partial charge in [-0.2, -0.15) is 0 Å². The maximum Gasteiger partial charge on any atom is 0.0591 e. The van der Waals surface area contributed by atoms with Gasteiger partial charge in [-0.3, -0.25) is 0 Å². The minimum atomic E-state index is -0.188. The van der Waals surface area contributed by atoms with Crippen LogP contribution in [-0.4, -0.2) is 4.57 Å². The Morgan fingerprint density at radius 2 is 0.857 bits per heavy atom. The molecule has 49 heavy (non-hydrogen) atoms. The fraction of sp³-hybridized carbons (Fsp3) is 0.125. The van der Waals surface area contributed by atoms with Crippen molar-refractivity contribution in [1.29, 1.82) is 0 Å². The first-order chi connectivity index (χ1) is 23.9. The van der Waals surface area contributed by atoms with Crippen LogP contribution in [0, 0.1) is 0 Å². The van der Waals surface area contributed by atoms with Crippen LogP contribution in [0.1, 0.15) is 49.9 Å². The number of hydrogen-bond acceptors (Lipinski definition) is 0. The van der Waals surface area contributed by atoms with Crippen LogP contribution in [0.5, 0.6) is 0 Å². The summed E-state index contributed by atoms with van der Waals surface area (Å²) < 4.78 is 2.61. The monoisotopic (exact) mass is 625 g/mol. The second-order valence-electron chi connectivity index (χ2n) is 15.2. The van der Waals surface area contributed by atoms with Gasteiger partial charge in [0.2, 0.25) is 0 Å². The summed E-state index contributed by atoms with van der Waals surface area (Å²) in [4.78, 5) is 0. The van der Waals surface area contributed by atoms with Crippen LogP contribution in [0.3, 0.4) is 0 Å². The number of rotatable bonds is 1. The summed E-state index contributed by atoms with van der Waals surface area (Å²) >= 11 is 0. The summed E-state index contributed by atoms with van der Waals surface area (Å²) in [5.74, 6) is 0. The Kier molecular flexibility index (Phi) is 5.05. The fourth-order valence-electron chi connectivity index (χ4n) is 10.1. The fourth-order valence-corrected chi connectivity index (χ4v) is 10.1. The van der Waals surface area contributed by atoms with Gasteiger partial charge in [-0.1, -0.05) is 149 Å². The van der Waals surface area contributed by atoms with Crippen LogP contribution < -0.4 is 0 Å². The third kappa shape index (κ3) is 3.22. The van der Waals surface area contributed by atoms with Crippen molar-refractivity contribution in [3.8, 4) is 27.9 Å². The van der Waals surface area contributed by atoms with Gasteiger partial charge in [0.1, 0.15) is 0 Å². The summed E-state index contributed by atoms with van der Waals surface area (Å²) in [6.45, 7) is 9.76. The highest BCUT2D eigenvalue weighted by Gasteiger charge is 2.47. The zero-order valence-electron chi connectivity index (χ0n) is 28.2. The van der Waals surface area contributed by atoms with Crippen molar-refractivity contribution in [3.63, 3.8) is 0 Å². The molecule has 1 nitrogen and oxygen atoms in total. The van der Waals surface area contributed by atoms with E-state index < -0.39 is 0 Å². The molecule has 0 radical (unpaired) electrons. The lowest BCUT2D eigenvalue weighted by Crippen LogP contribution is -2.19. The minimum absolute atomic E-state index is 0.158. The van der Waals surface area contributed by atoms with E-state index in [1.165, 1.54) is 104 Å². The van der Waals surface area contributed by atoms with Crippen LogP contribution in [0.4, 0.5) is 0 Å². The maximum atomic E-state index is 2.61. The molecule has 0 unspecified atom stereocenters. The van der Waals surface area contributed by atoms with Crippen molar-refractivity contribution in [2.24, 2.45) is 0 Å². The molecule has 0 amide bonds. The topological polar surface area (TPSA) is 4.93 Å². The Bertz CT molecular complexity index is 2900. The molecule has 0 atom stereocenters. The Labute approximate surface area is 286 Å². The highest BCUT2D eigenvalue weighted by Crippen LogP contribution is 2.63. The van der Waals surface area contributed by atoms with E-state index in [1.807, 2.05) is 0 Å². The SMILES string of the molecule is CC1(C)c2ccccc2-c2c3c(c4c(c21)c1ccccc1n4-c1ccc2c4ccccc4c4ccccc4c2c1)C(C)(C)c1ccccc1-3. The van der Waals surface area contributed by atoms with Crippen molar-refractivity contribution in [1.82, 2.24) is 4.57 Å². The number of aromatic nitrogens is 1. The van der Waals surface area contributed by atoms with Crippen molar-refractivity contribution in [2.75, 3.05) is 0 Å². The number of nitrogens with zero attached hydrogens (tertiary/aromatic N) is 1. The molecule has 9 aromatic rings. The first-order valence-electron chi connectivity index (χ1n) is 17.5. The van der Waals surface area contributed by atoms with Gasteiger partial charge < -0.3 is 4.57 Å². The second kappa shape index (κ2) is 9.07. The molecule has 8 aromatic carbocycles. The average Bonchev–Trinajstić information content (AvgIpc) is 3.68. The molecule has 0 bridgehead atoms. The molecule has 0 saturated heterocycles. The summed E-state index contributed by atoms with van der Waals surface area (Å²) in [5, 5.41) is 10.5. The highest BCUT2D eigenvalue weighted by molar-refractivity contribution is 6.26. The molecule has 232 valence electrons. The van der Waals surface area contributed by atoms with E-state index in [1.54, 1.807) is 0 Å². The van der Waals surface area contributed by atoms with Crippen LogP contribution in [0.15, 0.2) is 140 Å². The largest absolute Gasteiger partial charge is 0.309 e. The Hall–Kier alpha value is -5.66. The molecular formula is C48H35N. The van der Waals surface area contributed by atoms with Crippen LogP contribution in [0.25, 0.3) is 82.1 Å². The van der Waals surface area contributed by atoms with Crippen molar-refractivity contribution in [3.05, 3.63) is 162 Å². The maximum absolute atomic E-state index is 2.61. The predicted octanol–water partition coefficient (Wildman–Crippen LogP) is 12.9. The summed E-state index contributed by atoms with van der Waals surface area (Å²) in [6.07, 6.45) is 0. The van der Waals surface area contributed by atoms with E-state index in [9.17, 15) is 0 Å². The zero-order valence-corrected chi connectivity index (χ0v) is 28.2. The molecule has 0 aliphatic heterocycles. The lowest BCUT2D eigenvalue weighted by atomic mass is 9.76. The van der Waals surface area contributed by atoms with Gasteiger partial charge in [0, 0.05) is 27.3 Å². The summed E-state index contributed by atoms with van der Waals surface area (Å²) in [5.41, 5.74) is 14.8. The predicted molar refractivity (Wildman–Crippen MR) is 208 cm³/mol. The minimum Gasteiger partial charge on any atom is -0.309 e. The van der Waals surface area contributed by atoms with Gasteiger partial charge in [0.25, 0.3) is 0 Å². The molecule has 0 saturated carbocycles. The Morgan fingerprint density at radius 3 is 1.47 bits per heavy atom. The summed E-state index contributed by atoms with van der Waals surface area (Å²) in [6, 6.07) is 52.4. The van der Waals surface area contributed by atoms with E-state index in [-0.39, 0.29) is 10.8 Å². The van der Waals surface area contributed by atoms with Gasteiger partial charge in [0.15, 0.2) is 0 Å². The molecule has 11 rings (SSSR count). The first-order valence-corrected chi connectivity index (χ1v) is 17.5. The van der Waals surface area contributed by atoms with Gasteiger partial charge in [-0.05, 0) is 95.0 Å². The third-order valence-electron chi connectivity index (χ3n) is 12.1. The second-order valence-corrected chi connectivity index (χ2v) is 15.2. The van der Waals surface area contributed by atoms with Crippen LogP contribution in [0.2, 0.25) is 0 Å². The number of para-hydroxylation sites is 1. The standard InChI is InChI=1S/C48H35N/c1-47(2)38-22-12-9-19-34(38)41-42-35-20-10-13-23-39(35)48(3,4)45(42)46-43(44(41)47)36-21-11-14-24-40(36)49(46)28-25-26-33-31-17-6-5-15-29(31)30-16-7-8-18-32(30)37(33)27-28/h5-27H,1-4H3. The molecular weight excluding hydrogens is 591 g/mol. The Morgan fingerprint density at radius 1 is 0.408 bits per heavy atom. The van der Waals surface area contributed by atoms with Gasteiger partial charge in [-0.25, -0.2) is 0 Å². The van der Waals surface area contributed by atoms with E-state index in [2.05, 4.69) is 172 Å². The third-order valence-corrected chi connectivity index (χ3v) is 12.1. The molecule has 1 heteroatoms. The average molecular weight is 626 g/mol.